The zero-order chi connectivity index (χ0) is 16.7. The Morgan fingerprint density at radius 3 is 2.64 bits per heavy atom. The highest BCUT2D eigenvalue weighted by Crippen LogP contribution is 2.50. The van der Waals surface area contributed by atoms with Crippen LogP contribution in [-0.4, -0.2) is 28.9 Å². The van der Waals surface area contributed by atoms with Gasteiger partial charge >= 0.3 is 11.9 Å². The van der Waals surface area contributed by atoms with E-state index >= 15 is 0 Å². The summed E-state index contributed by atoms with van der Waals surface area (Å²) in [5.74, 6) is -2.41. The van der Waals surface area contributed by atoms with E-state index in [-0.39, 0.29) is 23.8 Å². The molecule has 1 fully saturated rings. The van der Waals surface area contributed by atoms with Crippen LogP contribution in [0.4, 0.5) is 0 Å². The Hall–Kier alpha value is -1.91. The Labute approximate surface area is 130 Å². The number of hydrogen-bond donors (Lipinski definition) is 1. The number of ketones is 1. The van der Waals surface area contributed by atoms with Crippen molar-refractivity contribution in [2.45, 2.75) is 46.6 Å². The smallest absolute Gasteiger partial charge is 0.310 e. The van der Waals surface area contributed by atoms with Crippen molar-refractivity contribution < 1.29 is 24.2 Å². The van der Waals surface area contributed by atoms with Crippen LogP contribution in [0.3, 0.4) is 0 Å². The molecule has 0 amide bonds. The first-order valence-corrected chi connectivity index (χ1v) is 7.55. The van der Waals surface area contributed by atoms with Gasteiger partial charge in [-0.3, -0.25) is 14.4 Å². The molecule has 0 saturated heterocycles. The van der Waals surface area contributed by atoms with Crippen LogP contribution >= 0.6 is 0 Å². The largest absolute Gasteiger partial charge is 0.481 e. The van der Waals surface area contributed by atoms with Gasteiger partial charge in [-0.2, -0.15) is 0 Å². The Bertz CT molecular complexity index is 586. The molecule has 4 atom stereocenters. The standard InChI is InChI=1S/C17H22O5/c1-9(16(20)21)13-8-17(4)10(2)15(22-11(3)18)6-5-12(17)7-14(13)19/h7-10,15H,5-6H2,1-4H3,(H,20,21). The number of carboxylic acid groups (broad SMARTS) is 1. The lowest BCUT2D eigenvalue weighted by atomic mass is 9.60. The first-order chi connectivity index (χ1) is 10.2. The van der Waals surface area contributed by atoms with Crippen molar-refractivity contribution in [3.05, 3.63) is 23.3 Å². The highest BCUT2D eigenvalue weighted by atomic mass is 16.5. The predicted octanol–water partition coefficient (Wildman–Crippen LogP) is 2.51. The van der Waals surface area contributed by atoms with Crippen LogP contribution in [0, 0.1) is 17.3 Å². The quantitative estimate of drug-likeness (QED) is 0.810. The Kier molecular flexibility index (Phi) is 4.27. The van der Waals surface area contributed by atoms with E-state index in [1.54, 1.807) is 12.2 Å². The van der Waals surface area contributed by atoms with Gasteiger partial charge in [0.1, 0.15) is 6.10 Å². The molecule has 0 aliphatic heterocycles. The second kappa shape index (κ2) is 5.71. The average Bonchev–Trinajstić information content (AvgIpc) is 2.43. The summed E-state index contributed by atoms with van der Waals surface area (Å²) < 4.78 is 5.39. The highest BCUT2D eigenvalue weighted by Gasteiger charge is 2.46. The van der Waals surface area contributed by atoms with Crippen molar-refractivity contribution in [2.24, 2.45) is 17.3 Å². The van der Waals surface area contributed by atoms with E-state index in [2.05, 4.69) is 0 Å². The summed E-state index contributed by atoms with van der Waals surface area (Å²) in [6.45, 7) is 6.88. The number of carbonyl (C=O) groups is 3. The molecular formula is C17H22O5. The van der Waals surface area contributed by atoms with E-state index in [0.717, 1.165) is 5.57 Å². The third-order valence-corrected chi connectivity index (χ3v) is 5.09. The molecule has 2 rings (SSSR count). The van der Waals surface area contributed by atoms with Crippen LogP contribution in [0.2, 0.25) is 0 Å². The molecule has 2 aliphatic rings. The van der Waals surface area contributed by atoms with E-state index in [4.69, 9.17) is 4.74 Å². The summed E-state index contributed by atoms with van der Waals surface area (Å²) in [4.78, 5) is 34.7. The van der Waals surface area contributed by atoms with E-state index in [1.165, 1.54) is 13.8 Å². The van der Waals surface area contributed by atoms with Crippen molar-refractivity contribution in [3.63, 3.8) is 0 Å². The van der Waals surface area contributed by atoms with Crippen LogP contribution in [0.15, 0.2) is 23.3 Å². The second-order valence-electron chi connectivity index (χ2n) is 6.45. The molecule has 0 aromatic carbocycles. The number of aliphatic carboxylic acids is 1. The van der Waals surface area contributed by atoms with Crippen molar-refractivity contribution in [3.8, 4) is 0 Å². The molecule has 2 aliphatic carbocycles. The second-order valence-corrected chi connectivity index (χ2v) is 6.45. The maximum atomic E-state index is 12.2. The van der Waals surface area contributed by atoms with Crippen molar-refractivity contribution >= 4 is 17.7 Å². The van der Waals surface area contributed by atoms with Gasteiger partial charge in [-0.25, -0.2) is 0 Å². The van der Waals surface area contributed by atoms with Crippen molar-refractivity contribution in [1.29, 1.82) is 0 Å². The van der Waals surface area contributed by atoms with Crippen LogP contribution in [-0.2, 0) is 19.1 Å². The number of carboxylic acids is 1. The normalized spacial score (nSPS) is 32.5. The minimum atomic E-state index is -1.01. The lowest BCUT2D eigenvalue weighted by Crippen LogP contribution is -2.43. The number of esters is 1. The number of hydrogen-bond acceptors (Lipinski definition) is 4. The van der Waals surface area contributed by atoms with Gasteiger partial charge in [0, 0.05) is 23.8 Å². The lowest BCUT2D eigenvalue weighted by molar-refractivity contribution is -0.152. The molecule has 0 aromatic rings. The Morgan fingerprint density at radius 1 is 1.45 bits per heavy atom. The summed E-state index contributed by atoms with van der Waals surface area (Å²) in [7, 11) is 0. The zero-order valence-electron chi connectivity index (χ0n) is 13.4. The van der Waals surface area contributed by atoms with E-state index < -0.39 is 17.3 Å². The molecule has 4 unspecified atom stereocenters. The fourth-order valence-corrected chi connectivity index (χ4v) is 3.43. The molecule has 0 spiro atoms. The average molecular weight is 306 g/mol. The SMILES string of the molecule is CC(=O)OC1CCC2=CC(=O)C(C(C)C(=O)O)=CC2(C)C1C. The summed E-state index contributed by atoms with van der Waals surface area (Å²) in [5, 5.41) is 9.19. The van der Waals surface area contributed by atoms with Crippen LogP contribution < -0.4 is 0 Å². The number of allylic oxidation sites excluding steroid dienone is 3. The lowest BCUT2D eigenvalue weighted by Gasteiger charge is -2.46. The third kappa shape index (κ3) is 2.72. The van der Waals surface area contributed by atoms with Gasteiger partial charge in [-0.15, -0.1) is 0 Å². The van der Waals surface area contributed by atoms with Gasteiger partial charge in [0.25, 0.3) is 0 Å². The van der Waals surface area contributed by atoms with E-state index in [9.17, 15) is 19.5 Å². The summed E-state index contributed by atoms with van der Waals surface area (Å²) in [5.41, 5.74) is 0.856. The molecule has 1 N–H and O–H groups in total. The van der Waals surface area contributed by atoms with Gasteiger partial charge in [-0.05, 0) is 25.8 Å². The predicted molar refractivity (Wildman–Crippen MR) is 80.0 cm³/mol. The first kappa shape index (κ1) is 16.5. The monoisotopic (exact) mass is 306 g/mol. The first-order valence-electron chi connectivity index (χ1n) is 7.55. The maximum Gasteiger partial charge on any atom is 0.310 e. The topological polar surface area (TPSA) is 80.7 Å². The number of carbonyl (C=O) groups excluding carboxylic acids is 2. The molecule has 0 heterocycles. The van der Waals surface area contributed by atoms with Crippen molar-refractivity contribution in [1.82, 2.24) is 0 Å². The summed E-state index contributed by atoms with van der Waals surface area (Å²) in [6, 6.07) is 0. The molecule has 22 heavy (non-hydrogen) atoms. The van der Waals surface area contributed by atoms with Gasteiger partial charge in [-0.1, -0.05) is 25.5 Å². The van der Waals surface area contributed by atoms with Crippen molar-refractivity contribution in [2.75, 3.05) is 0 Å². The number of rotatable bonds is 3. The van der Waals surface area contributed by atoms with Gasteiger partial charge in [0.15, 0.2) is 5.78 Å². The third-order valence-electron chi connectivity index (χ3n) is 5.09. The maximum absolute atomic E-state index is 12.2. The molecule has 5 heteroatoms. The molecule has 0 aromatic heterocycles. The Balaban J connectivity index is 2.39. The summed E-state index contributed by atoms with van der Waals surface area (Å²) >= 11 is 0. The number of fused-ring (bicyclic) bond motifs is 1. The fraction of sp³-hybridized carbons (Fsp3) is 0.588. The van der Waals surface area contributed by atoms with Crippen LogP contribution in [0.1, 0.15) is 40.5 Å². The molecule has 120 valence electrons. The number of ether oxygens (including phenoxy) is 1. The van der Waals surface area contributed by atoms with Crippen LogP contribution in [0.5, 0.6) is 0 Å². The molecule has 5 nitrogen and oxygen atoms in total. The fourth-order valence-electron chi connectivity index (χ4n) is 3.43. The molecule has 0 radical (unpaired) electrons. The highest BCUT2D eigenvalue weighted by molar-refractivity contribution is 6.08. The molecule has 0 bridgehead atoms. The van der Waals surface area contributed by atoms with Gasteiger partial charge < -0.3 is 9.84 Å². The van der Waals surface area contributed by atoms with Gasteiger partial charge in [0.05, 0.1) is 5.92 Å². The minimum absolute atomic E-state index is 0.0134. The zero-order valence-corrected chi connectivity index (χ0v) is 13.4. The molecule has 1 saturated carbocycles. The minimum Gasteiger partial charge on any atom is -0.481 e. The van der Waals surface area contributed by atoms with E-state index in [0.29, 0.717) is 18.4 Å². The summed E-state index contributed by atoms with van der Waals surface area (Å²) in [6.07, 6.45) is 4.51. The molecular weight excluding hydrogens is 284 g/mol. The van der Waals surface area contributed by atoms with Gasteiger partial charge in [0.2, 0.25) is 0 Å². The van der Waals surface area contributed by atoms with Crippen LogP contribution in [0.25, 0.3) is 0 Å². The van der Waals surface area contributed by atoms with E-state index in [1.807, 2.05) is 13.8 Å². The Morgan fingerprint density at radius 2 is 2.09 bits per heavy atom.